The van der Waals surface area contributed by atoms with Crippen LogP contribution in [-0.2, 0) is 20.7 Å². The molecule has 0 spiro atoms. The zero-order valence-corrected chi connectivity index (χ0v) is 10.8. The summed E-state index contributed by atoms with van der Waals surface area (Å²) in [6, 6.07) is 7.41. The fraction of sp³-hybridized carbons (Fsp3) is 0.500. The van der Waals surface area contributed by atoms with Crippen LogP contribution in [0.5, 0.6) is 5.75 Å². The van der Waals surface area contributed by atoms with E-state index in [1.54, 1.807) is 7.11 Å². The predicted molar refractivity (Wildman–Crippen MR) is 66.6 cm³/mol. The standard InChI is InChI=1S/C14H18O4/c1-14(8-17-9-14)10-18-13(15)7-11-3-5-12(16-2)6-4-11/h3-6H,7-10H2,1-2H3. The maximum atomic E-state index is 11.7. The number of hydrogen-bond donors (Lipinski definition) is 0. The van der Waals surface area contributed by atoms with E-state index in [0.29, 0.717) is 26.2 Å². The highest BCUT2D eigenvalue weighted by atomic mass is 16.5. The van der Waals surface area contributed by atoms with Crippen LogP contribution in [0.1, 0.15) is 12.5 Å². The van der Waals surface area contributed by atoms with E-state index < -0.39 is 0 Å². The molecule has 1 fully saturated rings. The van der Waals surface area contributed by atoms with Crippen molar-refractivity contribution >= 4 is 5.97 Å². The highest BCUT2D eigenvalue weighted by Gasteiger charge is 2.34. The second-order valence-corrected chi connectivity index (χ2v) is 4.99. The minimum atomic E-state index is -0.201. The van der Waals surface area contributed by atoms with Gasteiger partial charge in [-0.3, -0.25) is 4.79 Å². The first-order chi connectivity index (χ1) is 8.61. The zero-order chi connectivity index (χ0) is 13.0. The van der Waals surface area contributed by atoms with Gasteiger partial charge < -0.3 is 14.2 Å². The third kappa shape index (κ3) is 3.23. The first-order valence-corrected chi connectivity index (χ1v) is 5.98. The molecule has 1 saturated heterocycles. The van der Waals surface area contributed by atoms with Crippen LogP contribution in [0.3, 0.4) is 0 Å². The minimum absolute atomic E-state index is 0.00949. The van der Waals surface area contributed by atoms with Gasteiger partial charge in [0.05, 0.1) is 26.7 Å². The maximum Gasteiger partial charge on any atom is 0.310 e. The number of hydrogen-bond acceptors (Lipinski definition) is 4. The number of carbonyl (C=O) groups is 1. The van der Waals surface area contributed by atoms with Crippen molar-refractivity contribution in [2.45, 2.75) is 13.3 Å². The van der Waals surface area contributed by atoms with Crippen molar-refractivity contribution in [2.24, 2.45) is 5.41 Å². The lowest BCUT2D eigenvalue weighted by Crippen LogP contribution is -2.44. The summed E-state index contributed by atoms with van der Waals surface area (Å²) in [7, 11) is 1.62. The van der Waals surface area contributed by atoms with E-state index in [9.17, 15) is 4.79 Å². The van der Waals surface area contributed by atoms with Gasteiger partial charge in [0.15, 0.2) is 0 Å². The van der Waals surface area contributed by atoms with E-state index in [1.165, 1.54) is 0 Å². The van der Waals surface area contributed by atoms with Crippen molar-refractivity contribution in [3.8, 4) is 5.75 Å². The van der Waals surface area contributed by atoms with Crippen LogP contribution < -0.4 is 4.74 Å². The molecule has 1 aromatic carbocycles. The molecule has 4 nitrogen and oxygen atoms in total. The van der Waals surface area contributed by atoms with Gasteiger partial charge in [0.2, 0.25) is 0 Å². The third-order valence-corrected chi connectivity index (χ3v) is 2.99. The fourth-order valence-electron chi connectivity index (χ4n) is 1.75. The molecule has 0 saturated carbocycles. The molecule has 1 aliphatic rings. The Labute approximate surface area is 107 Å². The SMILES string of the molecule is COc1ccc(CC(=O)OCC2(C)COC2)cc1. The van der Waals surface area contributed by atoms with Gasteiger partial charge in [-0.15, -0.1) is 0 Å². The van der Waals surface area contributed by atoms with Crippen molar-refractivity contribution < 1.29 is 19.0 Å². The van der Waals surface area contributed by atoms with E-state index in [1.807, 2.05) is 24.3 Å². The molecule has 0 radical (unpaired) electrons. The number of methoxy groups -OCH3 is 1. The molecule has 4 heteroatoms. The molecule has 1 aliphatic heterocycles. The van der Waals surface area contributed by atoms with E-state index >= 15 is 0 Å². The van der Waals surface area contributed by atoms with Gasteiger partial charge in [0.1, 0.15) is 12.4 Å². The Morgan fingerprint density at radius 2 is 2.00 bits per heavy atom. The lowest BCUT2D eigenvalue weighted by Gasteiger charge is -2.37. The van der Waals surface area contributed by atoms with Crippen LogP contribution >= 0.6 is 0 Å². The normalized spacial score (nSPS) is 16.8. The summed E-state index contributed by atoms with van der Waals surface area (Å²) >= 11 is 0. The quantitative estimate of drug-likeness (QED) is 0.748. The molecule has 1 heterocycles. The summed E-state index contributed by atoms with van der Waals surface area (Å²) in [6.07, 6.45) is 0.293. The Morgan fingerprint density at radius 1 is 1.33 bits per heavy atom. The largest absolute Gasteiger partial charge is 0.497 e. The van der Waals surface area contributed by atoms with Crippen LogP contribution in [0.2, 0.25) is 0 Å². The van der Waals surface area contributed by atoms with Gasteiger partial charge in [0, 0.05) is 5.41 Å². The Kier molecular flexibility index (Phi) is 3.87. The molecule has 2 rings (SSSR count). The summed E-state index contributed by atoms with van der Waals surface area (Å²) in [4.78, 5) is 11.7. The van der Waals surface area contributed by atoms with E-state index in [4.69, 9.17) is 14.2 Å². The van der Waals surface area contributed by atoms with Crippen molar-refractivity contribution in [3.63, 3.8) is 0 Å². The molecule has 0 amide bonds. The number of ether oxygens (including phenoxy) is 3. The number of carbonyl (C=O) groups excluding carboxylic acids is 1. The van der Waals surface area contributed by atoms with Crippen LogP contribution in [0.15, 0.2) is 24.3 Å². The summed E-state index contributed by atoms with van der Waals surface area (Å²) in [5.74, 6) is 0.583. The monoisotopic (exact) mass is 250 g/mol. The molecule has 98 valence electrons. The summed E-state index contributed by atoms with van der Waals surface area (Å²) in [5, 5.41) is 0. The fourth-order valence-corrected chi connectivity index (χ4v) is 1.75. The van der Waals surface area contributed by atoms with Crippen LogP contribution in [0.25, 0.3) is 0 Å². The van der Waals surface area contributed by atoms with E-state index in [-0.39, 0.29) is 11.4 Å². The summed E-state index contributed by atoms with van der Waals surface area (Å²) in [5.41, 5.74) is 0.936. The smallest absolute Gasteiger partial charge is 0.310 e. The first-order valence-electron chi connectivity index (χ1n) is 5.98. The first kappa shape index (κ1) is 12.9. The Balaban J connectivity index is 1.79. The minimum Gasteiger partial charge on any atom is -0.497 e. The van der Waals surface area contributed by atoms with Crippen molar-refractivity contribution in [2.75, 3.05) is 26.9 Å². The predicted octanol–water partition coefficient (Wildman–Crippen LogP) is 1.82. The number of benzene rings is 1. The molecular weight excluding hydrogens is 232 g/mol. The molecule has 18 heavy (non-hydrogen) atoms. The second kappa shape index (κ2) is 5.40. The van der Waals surface area contributed by atoms with Gasteiger partial charge in [-0.25, -0.2) is 0 Å². The topological polar surface area (TPSA) is 44.8 Å². The summed E-state index contributed by atoms with van der Waals surface area (Å²) in [6.45, 7) is 3.82. The van der Waals surface area contributed by atoms with Crippen molar-refractivity contribution in [3.05, 3.63) is 29.8 Å². The molecule has 0 aromatic heterocycles. The Hall–Kier alpha value is -1.55. The molecule has 0 aliphatic carbocycles. The average molecular weight is 250 g/mol. The number of esters is 1. The van der Waals surface area contributed by atoms with Gasteiger partial charge in [-0.2, -0.15) is 0 Å². The maximum absolute atomic E-state index is 11.7. The molecule has 0 bridgehead atoms. The van der Waals surface area contributed by atoms with Crippen LogP contribution in [0.4, 0.5) is 0 Å². The lowest BCUT2D eigenvalue weighted by molar-refractivity contribution is -0.164. The Morgan fingerprint density at radius 3 is 2.50 bits per heavy atom. The lowest BCUT2D eigenvalue weighted by atomic mass is 9.90. The highest BCUT2D eigenvalue weighted by Crippen LogP contribution is 2.26. The molecular formula is C14H18O4. The Bertz CT molecular complexity index is 406. The second-order valence-electron chi connectivity index (χ2n) is 4.99. The van der Waals surface area contributed by atoms with Gasteiger partial charge in [-0.05, 0) is 17.7 Å². The third-order valence-electron chi connectivity index (χ3n) is 2.99. The molecule has 0 atom stereocenters. The van der Waals surface area contributed by atoms with E-state index in [0.717, 1.165) is 11.3 Å². The van der Waals surface area contributed by atoms with Crippen molar-refractivity contribution in [1.82, 2.24) is 0 Å². The zero-order valence-electron chi connectivity index (χ0n) is 10.8. The molecule has 0 unspecified atom stereocenters. The van der Waals surface area contributed by atoms with Gasteiger partial charge >= 0.3 is 5.97 Å². The van der Waals surface area contributed by atoms with Gasteiger partial charge in [0.25, 0.3) is 0 Å². The molecule has 0 N–H and O–H groups in total. The number of rotatable bonds is 5. The van der Waals surface area contributed by atoms with Crippen LogP contribution in [-0.4, -0.2) is 32.9 Å². The van der Waals surface area contributed by atoms with Crippen LogP contribution in [0, 0.1) is 5.41 Å². The highest BCUT2D eigenvalue weighted by molar-refractivity contribution is 5.72. The molecule has 1 aromatic rings. The van der Waals surface area contributed by atoms with Gasteiger partial charge in [-0.1, -0.05) is 19.1 Å². The van der Waals surface area contributed by atoms with E-state index in [2.05, 4.69) is 6.92 Å². The summed E-state index contributed by atoms with van der Waals surface area (Å²) < 4.78 is 15.4. The van der Waals surface area contributed by atoms with Crippen molar-refractivity contribution in [1.29, 1.82) is 0 Å². The average Bonchev–Trinajstić information content (AvgIpc) is 2.35.